The number of aliphatic hydroxyl groups is 1. The van der Waals surface area contributed by atoms with Gasteiger partial charge in [-0.3, -0.25) is 0 Å². The van der Waals surface area contributed by atoms with Crippen LogP contribution in [0.4, 0.5) is 0 Å². The first-order valence-corrected chi connectivity index (χ1v) is 9.95. The maximum absolute atomic E-state index is 10.3. The summed E-state index contributed by atoms with van der Waals surface area (Å²) in [6.07, 6.45) is -0.586. The number of ether oxygens (including phenoxy) is 1. The fraction of sp³-hybridized carbons (Fsp3) is 0.182. The first kappa shape index (κ1) is 21.0. The Labute approximate surface area is 179 Å². The molecule has 0 heterocycles. The largest absolute Gasteiger partial charge is 0.489 e. The van der Waals surface area contributed by atoms with Crippen molar-refractivity contribution in [2.45, 2.75) is 19.3 Å². The SMILES string of the molecule is O[C@H](CNCc1cc(Cl)ccc1OCc1ccc(Cl)cc1Cl)c1ccccc1. The van der Waals surface area contributed by atoms with Crippen molar-refractivity contribution in [2.75, 3.05) is 6.54 Å². The minimum atomic E-state index is -0.586. The second kappa shape index (κ2) is 10.1. The maximum atomic E-state index is 10.3. The van der Waals surface area contributed by atoms with Gasteiger partial charge in [0, 0.05) is 39.3 Å². The van der Waals surface area contributed by atoms with Gasteiger partial charge in [-0.05, 0) is 35.9 Å². The molecule has 0 saturated heterocycles. The topological polar surface area (TPSA) is 41.5 Å². The molecule has 1 atom stereocenters. The summed E-state index contributed by atoms with van der Waals surface area (Å²) in [6, 6.07) is 20.3. The first-order chi connectivity index (χ1) is 13.5. The van der Waals surface area contributed by atoms with Gasteiger partial charge in [0.25, 0.3) is 0 Å². The zero-order valence-corrected chi connectivity index (χ0v) is 17.3. The molecule has 3 aromatic carbocycles. The summed E-state index contributed by atoms with van der Waals surface area (Å²) in [4.78, 5) is 0. The Hall–Kier alpha value is -1.75. The highest BCUT2D eigenvalue weighted by molar-refractivity contribution is 6.35. The van der Waals surface area contributed by atoms with Gasteiger partial charge in [0.2, 0.25) is 0 Å². The Kier molecular flexibility index (Phi) is 7.60. The number of hydrogen-bond acceptors (Lipinski definition) is 3. The van der Waals surface area contributed by atoms with E-state index < -0.39 is 6.10 Å². The molecule has 0 unspecified atom stereocenters. The van der Waals surface area contributed by atoms with Crippen molar-refractivity contribution in [3.63, 3.8) is 0 Å². The number of halogens is 3. The van der Waals surface area contributed by atoms with Crippen LogP contribution in [0.25, 0.3) is 0 Å². The van der Waals surface area contributed by atoms with Gasteiger partial charge in [-0.2, -0.15) is 0 Å². The third-order valence-corrected chi connectivity index (χ3v) is 5.08. The second-order valence-corrected chi connectivity index (χ2v) is 7.61. The highest BCUT2D eigenvalue weighted by Crippen LogP contribution is 2.26. The Morgan fingerprint density at radius 1 is 0.857 bits per heavy atom. The molecule has 0 saturated carbocycles. The van der Waals surface area contributed by atoms with Crippen LogP contribution in [0.1, 0.15) is 22.8 Å². The molecule has 146 valence electrons. The molecule has 3 aromatic rings. The molecule has 0 aliphatic carbocycles. The summed E-state index contributed by atoms with van der Waals surface area (Å²) in [5.41, 5.74) is 2.62. The molecule has 0 aliphatic rings. The van der Waals surface area contributed by atoms with Gasteiger partial charge in [0.05, 0.1) is 6.10 Å². The molecule has 3 rings (SSSR count). The molecule has 6 heteroatoms. The third kappa shape index (κ3) is 5.87. The smallest absolute Gasteiger partial charge is 0.124 e. The van der Waals surface area contributed by atoms with E-state index in [0.29, 0.717) is 40.5 Å². The molecule has 0 amide bonds. The molecular formula is C22H20Cl3NO2. The van der Waals surface area contributed by atoms with Crippen molar-refractivity contribution in [1.29, 1.82) is 0 Å². The lowest BCUT2D eigenvalue weighted by atomic mass is 10.1. The van der Waals surface area contributed by atoms with Crippen LogP contribution in [-0.4, -0.2) is 11.7 Å². The van der Waals surface area contributed by atoms with Crippen molar-refractivity contribution in [3.05, 3.63) is 98.5 Å². The summed E-state index contributed by atoms with van der Waals surface area (Å²) in [5.74, 6) is 0.706. The lowest BCUT2D eigenvalue weighted by Crippen LogP contribution is -2.21. The van der Waals surface area contributed by atoms with Crippen LogP contribution in [0.3, 0.4) is 0 Å². The first-order valence-electron chi connectivity index (χ1n) is 8.82. The third-order valence-electron chi connectivity index (χ3n) is 4.26. The van der Waals surface area contributed by atoms with E-state index in [1.807, 2.05) is 48.5 Å². The van der Waals surface area contributed by atoms with Gasteiger partial charge >= 0.3 is 0 Å². The minimum Gasteiger partial charge on any atom is -0.489 e. The summed E-state index contributed by atoms with van der Waals surface area (Å²) in [6.45, 7) is 1.24. The molecule has 0 radical (unpaired) electrons. The van der Waals surface area contributed by atoms with Gasteiger partial charge < -0.3 is 15.2 Å². The highest BCUT2D eigenvalue weighted by atomic mass is 35.5. The number of benzene rings is 3. The monoisotopic (exact) mass is 435 g/mol. The van der Waals surface area contributed by atoms with Crippen LogP contribution in [0.2, 0.25) is 15.1 Å². The average Bonchev–Trinajstić information content (AvgIpc) is 2.69. The van der Waals surface area contributed by atoms with Crippen molar-refractivity contribution >= 4 is 34.8 Å². The van der Waals surface area contributed by atoms with Crippen LogP contribution in [0.5, 0.6) is 5.75 Å². The molecule has 28 heavy (non-hydrogen) atoms. The maximum Gasteiger partial charge on any atom is 0.124 e. The zero-order valence-electron chi connectivity index (χ0n) is 15.0. The standard InChI is InChI=1S/C22H20Cl3NO2/c23-18-8-9-22(28-14-16-6-7-19(24)11-20(16)25)17(10-18)12-26-13-21(27)15-4-2-1-3-5-15/h1-11,21,26-27H,12-14H2/t21-/m1/s1. The molecule has 0 bridgehead atoms. The number of aliphatic hydroxyl groups excluding tert-OH is 1. The molecular weight excluding hydrogens is 417 g/mol. The number of hydrogen-bond donors (Lipinski definition) is 2. The van der Waals surface area contributed by atoms with Crippen LogP contribution in [0, 0.1) is 0 Å². The van der Waals surface area contributed by atoms with E-state index in [4.69, 9.17) is 39.5 Å². The van der Waals surface area contributed by atoms with Gasteiger partial charge in [-0.15, -0.1) is 0 Å². The predicted molar refractivity (Wildman–Crippen MR) is 115 cm³/mol. The molecule has 0 aromatic heterocycles. The van der Waals surface area contributed by atoms with Crippen LogP contribution in [-0.2, 0) is 13.2 Å². The van der Waals surface area contributed by atoms with Crippen LogP contribution in [0.15, 0.2) is 66.7 Å². The predicted octanol–water partition coefficient (Wildman–Crippen LogP) is 6.05. The summed E-state index contributed by atoms with van der Waals surface area (Å²) in [5, 5.41) is 15.3. The van der Waals surface area contributed by atoms with E-state index in [2.05, 4.69) is 5.32 Å². The van der Waals surface area contributed by atoms with Gasteiger partial charge in [-0.1, -0.05) is 71.2 Å². The van der Waals surface area contributed by atoms with Gasteiger partial charge in [0.15, 0.2) is 0 Å². The normalized spacial score (nSPS) is 12.0. The molecule has 0 spiro atoms. The lowest BCUT2D eigenvalue weighted by Gasteiger charge is -2.15. The minimum absolute atomic E-state index is 0.317. The van der Waals surface area contributed by atoms with E-state index in [1.165, 1.54) is 0 Å². The number of rotatable bonds is 8. The fourth-order valence-electron chi connectivity index (χ4n) is 2.76. The quantitative estimate of drug-likeness (QED) is 0.452. The molecule has 2 N–H and O–H groups in total. The lowest BCUT2D eigenvalue weighted by molar-refractivity contribution is 0.174. The van der Waals surface area contributed by atoms with Crippen molar-refractivity contribution < 1.29 is 9.84 Å². The van der Waals surface area contributed by atoms with Crippen LogP contribution < -0.4 is 10.1 Å². The summed E-state index contributed by atoms with van der Waals surface area (Å²) >= 11 is 18.3. The van der Waals surface area contributed by atoms with E-state index in [1.54, 1.807) is 18.2 Å². The Morgan fingerprint density at radius 2 is 1.57 bits per heavy atom. The number of nitrogens with one attached hydrogen (secondary N) is 1. The van der Waals surface area contributed by atoms with E-state index in [-0.39, 0.29) is 0 Å². The Balaban J connectivity index is 1.62. The summed E-state index contributed by atoms with van der Waals surface area (Å²) in [7, 11) is 0. The van der Waals surface area contributed by atoms with E-state index >= 15 is 0 Å². The summed E-state index contributed by atoms with van der Waals surface area (Å²) < 4.78 is 5.95. The molecule has 0 aliphatic heterocycles. The highest BCUT2D eigenvalue weighted by Gasteiger charge is 2.10. The van der Waals surface area contributed by atoms with E-state index in [9.17, 15) is 5.11 Å². The fourth-order valence-corrected chi connectivity index (χ4v) is 3.42. The molecule has 3 nitrogen and oxygen atoms in total. The van der Waals surface area contributed by atoms with Crippen molar-refractivity contribution in [3.8, 4) is 5.75 Å². The van der Waals surface area contributed by atoms with Crippen LogP contribution >= 0.6 is 34.8 Å². The van der Waals surface area contributed by atoms with Gasteiger partial charge in [0.1, 0.15) is 12.4 Å². The second-order valence-electron chi connectivity index (χ2n) is 6.33. The van der Waals surface area contributed by atoms with Crippen molar-refractivity contribution in [2.24, 2.45) is 0 Å². The zero-order chi connectivity index (χ0) is 19.9. The Morgan fingerprint density at radius 3 is 2.32 bits per heavy atom. The molecule has 0 fully saturated rings. The van der Waals surface area contributed by atoms with E-state index in [0.717, 1.165) is 16.7 Å². The Bertz CT molecular complexity index is 919. The van der Waals surface area contributed by atoms with Gasteiger partial charge in [-0.25, -0.2) is 0 Å². The van der Waals surface area contributed by atoms with Crippen molar-refractivity contribution in [1.82, 2.24) is 5.32 Å². The average molecular weight is 437 g/mol.